The van der Waals surface area contributed by atoms with Crippen LogP contribution in [0.2, 0.25) is 0 Å². The van der Waals surface area contributed by atoms with Gasteiger partial charge >= 0.3 is 0 Å². The lowest BCUT2D eigenvalue weighted by atomic mass is 10.1. The van der Waals surface area contributed by atoms with Gasteiger partial charge in [0.15, 0.2) is 0 Å². The van der Waals surface area contributed by atoms with E-state index in [0.717, 1.165) is 12.8 Å². The molecule has 0 amide bonds. The Kier molecular flexibility index (Phi) is 16.5. The molecule has 0 aromatic carbocycles. The Morgan fingerprint density at radius 1 is 0.700 bits per heavy atom. The molecule has 120 valence electrons. The van der Waals surface area contributed by atoms with E-state index in [-0.39, 0.29) is 6.10 Å². The zero-order chi connectivity index (χ0) is 14.9. The van der Waals surface area contributed by atoms with Crippen molar-refractivity contribution in [1.29, 1.82) is 0 Å². The summed E-state index contributed by atoms with van der Waals surface area (Å²) < 4.78 is 0. The smallest absolute Gasteiger partial charge is 0.0720 e. The van der Waals surface area contributed by atoms with Gasteiger partial charge in [0.2, 0.25) is 0 Å². The van der Waals surface area contributed by atoms with Gasteiger partial charge in [0.05, 0.1) is 6.10 Å². The lowest BCUT2D eigenvalue weighted by molar-refractivity contribution is 0.207. The van der Waals surface area contributed by atoms with E-state index in [9.17, 15) is 5.11 Å². The Bertz CT molecular complexity index is 198. The third-order valence-electron chi connectivity index (χ3n) is 3.94. The van der Waals surface area contributed by atoms with E-state index in [1.54, 1.807) is 0 Å². The summed E-state index contributed by atoms with van der Waals surface area (Å²) in [7, 11) is 0. The van der Waals surface area contributed by atoms with Crippen LogP contribution in [0.4, 0.5) is 0 Å². The van der Waals surface area contributed by atoms with Crippen molar-refractivity contribution in [2.75, 3.05) is 0 Å². The summed E-state index contributed by atoms with van der Waals surface area (Å²) in [5.41, 5.74) is 0. The van der Waals surface area contributed by atoms with Crippen LogP contribution in [0.1, 0.15) is 104 Å². The Morgan fingerprint density at radius 2 is 1.20 bits per heavy atom. The molecule has 1 atom stereocenters. The highest BCUT2D eigenvalue weighted by molar-refractivity contribution is 4.88. The minimum absolute atomic E-state index is 0.207. The maximum Gasteiger partial charge on any atom is 0.0720 e. The summed E-state index contributed by atoms with van der Waals surface area (Å²) in [5, 5.41) is 9.84. The van der Waals surface area contributed by atoms with Gasteiger partial charge in [0.25, 0.3) is 0 Å². The van der Waals surface area contributed by atoms with E-state index in [1.165, 1.54) is 77.0 Å². The molecule has 0 unspecified atom stereocenters. The summed E-state index contributed by atoms with van der Waals surface area (Å²) in [4.78, 5) is 0. The maximum atomic E-state index is 9.84. The Morgan fingerprint density at radius 3 is 1.80 bits per heavy atom. The third kappa shape index (κ3) is 15.8. The fourth-order valence-corrected chi connectivity index (χ4v) is 2.53. The molecule has 1 heteroatoms. The van der Waals surface area contributed by atoms with Gasteiger partial charge in [-0.05, 0) is 19.3 Å². The predicted octanol–water partition coefficient (Wildman–Crippen LogP) is 6.40. The van der Waals surface area contributed by atoms with Crippen molar-refractivity contribution >= 4 is 0 Å². The molecule has 20 heavy (non-hydrogen) atoms. The first-order valence-electron chi connectivity index (χ1n) is 9.16. The van der Waals surface area contributed by atoms with Crippen LogP contribution >= 0.6 is 0 Å². The number of hydrogen-bond acceptors (Lipinski definition) is 1. The molecular weight excluding hydrogens is 244 g/mol. The van der Waals surface area contributed by atoms with Crippen LogP contribution in [0.3, 0.4) is 0 Å². The Balaban J connectivity index is 3.23. The van der Waals surface area contributed by atoms with Crippen molar-refractivity contribution in [2.24, 2.45) is 0 Å². The molecule has 0 fully saturated rings. The van der Waals surface area contributed by atoms with Crippen molar-refractivity contribution in [3.63, 3.8) is 0 Å². The van der Waals surface area contributed by atoms with Crippen LogP contribution < -0.4 is 0 Å². The highest BCUT2D eigenvalue weighted by Gasteiger charge is 1.98. The molecule has 0 radical (unpaired) electrons. The van der Waals surface area contributed by atoms with E-state index in [2.05, 4.69) is 19.9 Å². The van der Waals surface area contributed by atoms with Gasteiger partial charge in [-0.15, -0.1) is 0 Å². The van der Waals surface area contributed by atoms with E-state index >= 15 is 0 Å². The minimum atomic E-state index is -0.207. The number of aliphatic hydroxyl groups excluding tert-OH is 1. The second-order valence-corrected chi connectivity index (χ2v) is 6.11. The standard InChI is InChI=1S/C19H38O/c1-3-5-7-9-11-12-14-16-18-19(20)17-15-13-10-8-6-4-2/h15,17,19-20H,3-14,16,18H2,1-2H3/b17-15+/t19-/m0/s1. The number of hydrogen-bond donors (Lipinski definition) is 1. The summed E-state index contributed by atoms with van der Waals surface area (Å²) in [6.07, 6.45) is 22.0. The van der Waals surface area contributed by atoms with Gasteiger partial charge in [0.1, 0.15) is 0 Å². The van der Waals surface area contributed by atoms with E-state index < -0.39 is 0 Å². The predicted molar refractivity (Wildman–Crippen MR) is 91.1 cm³/mol. The van der Waals surface area contributed by atoms with Gasteiger partial charge in [-0.25, -0.2) is 0 Å². The molecule has 0 aliphatic rings. The largest absolute Gasteiger partial charge is 0.389 e. The molecule has 0 rings (SSSR count). The average Bonchev–Trinajstić information content (AvgIpc) is 2.45. The van der Waals surface area contributed by atoms with Gasteiger partial charge < -0.3 is 5.11 Å². The van der Waals surface area contributed by atoms with E-state index in [0.29, 0.717) is 0 Å². The topological polar surface area (TPSA) is 20.2 Å². The van der Waals surface area contributed by atoms with Crippen LogP contribution in [0.15, 0.2) is 12.2 Å². The quantitative estimate of drug-likeness (QED) is 0.272. The molecule has 0 aliphatic carbocycles. The monoisotopic (exact) mass is 282 g/mol. The first kappa shape index (κ1) is 19.7. The van der Waals surface area contributed by atoms with Crippen LogP contribution in [-0.4, -0.2) is 11.2 Å². The molecule has 0 saturated carbocycles. The van der Waals surface area contributed by atoms with Crippen LogP contribution in [0.25, 0.3) is 0 Å². The highest BCUT2D eigenvalue weighted by atomic mass is 16.3. The number of aliphatic hydroxyl groups is 1. The molecule has 1 nitrogen and oxygen atoms in total. The Hall–Kier alpha value is -0.300. The molecule has 1 N–H and O–H groups in total. The summed E-state index contributed by atoms with van der Waals surface area (Å²) >= 11 is 0. The van der Waals surface area contributed by atoms with Crippen molar-refractivity contribution in [1.82, 2.24) is 0 Å². The SMILES string of the molecule is CCCCCC/C=C/[C@H](O)CCCCCCCCCC. The lowest BCUT2D eigenvalue weighted by Crippen LogP contribution is -2.01. The fraction of sp³-hybridized carbons (Fsp3) is 0.895. The second kappa shape index (κ2) is 16.8. The zero-order valence-electron chi connectivity index (χ0n) is 14.1. The van der Waals surface area contributed by atoms with Crippen molar-refractivity contribution < 1.29 is 5.11 Å². The molecule has 0 spiro atoms. The molecule has 0 bridgehead atoms. The van der Waals surface area contributed by atoms with E-state index in [4.69, 9.17) is 0 Å². The summed E-state index contributed by atoms with van der Waals surface area (Å²) in [6, 6.07) is 0. The van der Waals surface area contributed by atoms with Crippen molar-refractivity contribution in [3.05, 3.63) is 12.2 Å². The molecular formula is C19H38O. The zero-order valence-corrected chi connectivity index (χ0v) is 14.1. The van der Waals surface area contributed by atoms with Crippen LogP contribution in [-0.2, 0) is 0 Å². The third-order valence-corrected chi connectivity index (χ3v) is 3.94. The lowest BCUT2D eigenvalue weighted by Gasteiger charge is -2.05. The number of unbranched alkanes of at least 4 members (excludes halogenated alkanes) is 11. The first-order valence-corrected chi connectivity index (χ1v) is 9.16. The van der Waals surface area contributed by atoms with Gasteiger partial charge in [-0.1, -0.05) is 96.6 Å². The highest BCUT2D eigenvalue weighted by Crippen LogP contribution is 2.11. The normalized spacial score (nSPS) is 13.2. The van der Waals surface area contributed by atoms with Gasteiger partial charge in [0, 0.05) is 0 Å². The molecule has 0 aliphatic heterocycles. The van der Waals surface area contributed by atoms with Crippen molar-refractivity contribution in [3.8, 4) is 0 Å². The minimum Gasteiger partial charge on any atom is -0.389 e. The van der Waals surface area contributed by atoms with Gasteiger partial charge in [-0.2, -0.15) is 0 Å². The van der Waals surface area contributed by atoms with E-state index in [1.807, 2.05) is 6.08 Å². The number of rotatable bonds is 15. The molecule has 0 heterocycles. The molecule has 0 aromatic heterocycles. The average molecular weight is 283 g/mol. The molecule has 0 aromatic rings. The molecule has 0 saturated heterocycles. The fourth-order valence-electron chi connectivity index (χ4n) is 2.53. The summed E-state index contributed by atoms with van der Waals surface area (Å²) in [6.45, 7) is 4.50. The Labute approximate surface area is 127 Å². The first-order chi connectivity index (χ1) is 9.81. The van der Waals surface area contributed by atoms with Crippen molar-refractivity contribution in [2.45, 2.75) is 110 Å². The second-order valence-electron chi connectivity index (χ2n) is 6.11. The van der Waals surface area contributed by atoms with Crippen LogP contribution in [0, 0.1) is 0 Å². The van der Waals surface area contributed by atoms with Gasteiger partial charge in [-0.3, -0.25) is 0 Å². The summed E-state index contributed by atoms with van der Waals surface area (Å²) in [5.74, 6) is 0. The maximum absolute atomic E-state index is 9.84. The number of allylic oxidation sites excluding steroid dienone is 1. The van der Waals surface area contributed by atoms with Crippen LogP contribution in [0.5, 0.6) is 0 Å².